The lowest BCUT2D eigenvalue weighted by Gasteiger charge is -2.27. The van der Waals surface area contributed by atoms with Crippen molar-refractivity contribution in [2.24, 2.45) is 11.8 Å². The summed E-state index contributed by atoms with van der Waals surface area (Å²) < 4.78 is 14.4. The van der Waals surface area contributed by atoms with E-state index < -0.39 is 6.16 Å². The number of esters is 1. The molecule has 1 aliphatic rings. The van der Waals surface area contributed by atoms with Crippen molar-refractivity contribution in [2.75, 3.05) is 13.2 Å². The van der Waals surface area contributed by atoms with Gasteiger partial charge in [-0.25, -0.2) is 4.79 Å². The Labute approximate surface area is 107 Å². The zero-order valence-corrected chi connectivity index (χ0v) is 10.7. The van der Waals surface area contributed by atoms with E-state index in [1.807, 2.05) is 0 Å². The second-order valence-electron chi connectivity index (χ2n) is 4.53. The molecule has 18 heavy (non-hydrogen) atoms. The van der Waals surface area contributed by atoms with Crippen molar-refractivity contribution in [1.29, 1.82) is 0 Å². The summed E-state index contributed by atoms with van der Waals surface area (Å²) in [6.07, 6.45) is 4.31. The molecular weight excluding hydrogens is 236 g/mol. The quantitative estimate of drug-likeness (QED) is 0.559. The Morgan fingerprint density at radius 1 is 1.11 bits per heavy atom. The molecule has 0 atom stereocenters. The highest BCUT2D eigenvalue weighted by Crippen LogP contribution is 2.29. The molecule has 0 aromatic rings. The summed E-state index contributed by atoms with van der Waals surface area (Å²) in [7, 11) is 0. The molecule has 0 unspecified atom stereocenters. The average Bonchev–Trinajstić information content (AvgIpc) is 2.35. The van der Waals surface area contributed by atoms with Gasteiger partial charge in [0, 0.05) is 6.92 Å². The molecule has 0 aromatic carbocycles. The lowest BCUT2D eigenvalue weighted by Crippen LogP contribution is -2.23. The summed E-state index contributed by atoms with van der Waals surface area (Å²) in [5, 5.41) is 0. The molecule has 1 rings (SSSR count). The van der Waals surface area contributed by atoms with Crippen molar-refractivity contribution in [2.45, 2.75) is 32.6 Å². The van der Waals surface area contributed by atoms with E-state index in [4.69, 9.17) is 9.47 Å². The SMILES string of the molecule is C=COC(=O)OCC1CCC(COC(C)=O)CC1. The van der Waals surface area contributed by atoms with Gasteiger partial charge in [0.2, 0.25) is 0 Å². The summed E-state index contributed by atoms with van der Waals surface area (Å²) in [6, 6.07) is 0. The van der Waals surface area contributed by atoms with E-state index in [0.29, 0.717) is 25.0 Å². The monoisotopic (exact) mass is 256 g/mol. The Morgan fingerprint density at radius 2 is 1.61 bits per heavy atom. The van der Waals surface area contributed by atoms with Gasteiger partial charge in [-0.05, 0) is 37.5 Å². The largest absolute Gasteiger partial charge is 0.513 e. The summed E-state index contributed by atoms with van der Waals surface area (Å²) in [5.41, 5.74) is 0. The van der Waals surface area contributed by atoms with Crippen molar-refractivity contribution in [3.8, 4) is 0 Å². The maximum absolute atomic E-state index is 11.0. The minimum Gasteiger partial charge on any atom is -0.466 e. The lowest BCUT2D eigenvalue weighted by molar-refractivity contribution is -0.142. The Morgan fingerprint density at radius 3 is 2.06 bits per heavy atom. The first-order valence-electron chi connectivity index (χ1n) is 6.19. The van der Waals surface area contributed by atoms with Crippen LogP contribution in [-0.2, 0) is 19.0 Å². The fourth-order valence-corrected chi connectivity index (χ4v) is 2.09. The van der Waals surface area contributed by atoms with E-state index in [1.165, 1.54) is 6.92 Å². The van der Waals surface area contributed by atoms with E-state index in [1.54, 1.807) is 0 Å². The standard InChI is InChI=1S/C13H20O5/c1-3-16-13(15)18-9-12-6-4-11(5-7-12)8-17-10(2)14/h3,11-12H,1,4-9H2,2H3. The Hall–Kier alpha value is -1.52. The fraction of sp³-hybridized carbons (Fsp3) is 0.692. The number of hydrogen-bond acceptors (Lipinski definition) is 5. The van der Waals surface area contributed by atoms with Gasteiger partial charge in [-0.3, -0.25) is 4.79 Å². The number of carbonyl (C=O) groups is 2. The zero-order valence-electron chi connectivity index (χ0n) is 10.7. The van der Waals surface area contributed by atoms with E-state index in [-0.39, 0.29) is 5.97 Å². The maximum Gasteiger partial charge on any atom is 0.513 e. The van der Waals surface area contributed by atoms with Gasteiger partial charge in [0.25, 0.3) is 0 Å². The topological polar surface area (TPSA) is 61.8 Å². The van der Waals surface area contributed by atoms with Gasteiger partial charge in [-0.1, -0.05) is 6.58 Å². The molecule has 0 aliphatic heterocycles. The zero-order chi connectivity index (χ0) is 13.4. The van der Waals surface area contributed by atoms with Crippen LogP contribution in [0, 0.1) is 11.8 Å². The van der Waals surface area contributed by atoms with Gasteiger partial charge in [0.05, 0.1) is 19.5 Å². The van der Waals surface area contributed by atoms with Gasteiger partial charge in [-0.15, -0.1) is 0 Å². The first kappa shape index (κ1) is 14.5. The Bertz CT molecular complexity index is 292. The van der Waals surface area contributed by atoms with E-state index in [2.05, 4.69) is 11.3 Å². The molecule has 0 saturated heterocycles. The van der Waals surface area contributed by atoms with Crippen LogP contribution in [0.1, 0.15) is 32.6 Å². The minimum absolute atomic E-state index is 0.229. The van der Waals surface area contributed by atoms with Crippen molar-refractivity contribution in [3.05, 3.63) is 12.8 Å². The van der Waals surface area contributed by atoms with Crippen LogP contribution in [0.5, 0.6) is 0 Å². The highest BCUT2D eigenvalue weighted by atomic mass is 16.7. The molecular formula is C13H20O5. The molecule has 5 heteroatoms. The smallest absolute Gasteiger partial charge is 0.466 e. The predicted octanol–water partition coefficient (Wildman–Crippen LogP) is 2.65. The first-order valence-corrected chi connectivity index (χ1v) is 6.19. The molecule has 1 saturated carbocycles. The van der Waals surface area contributed by atoms with E-state index in [9.17, 15) is 9.59 Å². The van der Waals surface area contributed by atoms with Gasteiger partial charge in [0.15, 0.2) is 0 Å². The normalized spacial score (nSPS) is 22.9. The predicted molar refractivity (Wildman–Crippen MR) is 64.7 cm³/mol. The van der Waals surface area contributed by atoms with Crippen molar-refractivity contribution in [1.82, 2.24) is 0 Å². The molecule has 0 aromatic heterocycles. The summed E-state index contributed by atoms with van der Waals surface area (Å²) in [5.74, 6) is 0.578. The minimum atomic E-state index is -0.702. The van der Waals surface area contributed by atoms with Crippen LogP contribution in [0.4, 0.5) is 4.79 Å². The molecule has 0 N–H and O–H groups in total. The summed E-state index contributed by atoms with van der Waals surface area (Å²) in [4.78, 5) is 21.6. The number of rotatable bonds is 5. The van der Waals surface area contributed by atoms with Crippen LogP contribution in [0.2, 0.25) is 0 Å². The Balaban J connectivity index is 2.13. The van der Waals surface area contributed by atoms with Crippen molar-refractivity contribution >= 4 is 12.1 Å². The molecule has 1 aliphatic carbocycles. The molecule has 0 heterocycles. The van der Waals surface area contributed by atoms with E-state index in [0.717, 1.165) is 31.9 Å². The van der Waals surface area contributed by atoms with Crippen LogP contribution in [0.25, 0.3) is 0 Å². The number of hydrogen-bond donors (Lipinski definition) is 0. The summed E-state index contributed by atoms with van der Waals surface area (Å²) in [6.45, 7) is 5.58. The lowest BCUT2D eigenvalue weighted by atomic mass is 9.83. The number of carbonyl (C=O) groups excluding carboxylic acids is 2. The number of ether oxygens (including phenoxy) is 3. The molecule has 102 valence electrons. The molecule has 0 spiro atoms. The van der Waals surface area contributed by atoms with Gasteiger partial charge < -0.3 is 14.2 Å². The van der Waals surface area contributed by atoms with Gasteiger partial charge >= 0.3 is 12.1 Å². The van der Waals surface area contributed by atoms with Crippen LogP contribution in [-0.4, -0.2) is 25.3 Å². The molecule has 0 bridgehead atoms. The highest BCUT2D eigenvalue weighted by molar-refractivity contribution is 5.65. The second kappa shape index (κ2) is 7.74. The van der Waals surface area contributed by atoms with Crippen molar-refractivity contribution < 1.29 is 23.8 Å². The van der Waals surface area contributed by atoms with Crippen LogP contribution >= 0.6 is 0 Å². The van der Waals surface area contributed by atoms with Crippen LogP contribution in [0.3, 0.4) is 0 Å². The first-order chi connectivity index (χ1) is 8.61. The Kier molecular flexibility index (Phi) is 6.25. The third-order valence-electron chi connectivity index (χ3n) is 3.11. The third-order valence-corrected chi connectivity index (χ3v) is 3.11. The van der Waals surface area contributed by atoms with Gasteiger partial charge in [-0.2, -0.15) is 0 Å². The third kappa shape index (κ3) is 5.70. The second-order valence-corrected chi connectivity index (χ2v) is 4.53. The molecule has 0 amide bonds. The fourth-order valence-electron chi connectivity index (χ4n) is 2.09. The molecule has 5 nitrogen and oxygen atoms in total. The summed E-state index contributed by atoms with van der Waals surface area (Å²) >= 11 is 0. The van der Waals surface area contributed by atoms with Gasteiger partial charge in [0.1, 0.15) is 0 Å². The molecule has 0 radical (unpaired) electrons. The van der Waals surface area contributed by atoms with Crippen LogP contribution < -0.4 is 0 Å². The van der Waals surface area contributed by atoms with Crippen molar-refractivity contribution in [3.63, 3.8) is 0 Å². The highest BCUT2D eigenvalue weighted by Gasteiger charge is 2.23. The van der Waals surface area contributed by atoms with Crippen LogP contribution in [0.15, 0.2) is 12.8 Å². The van der Waals surface area contributed by atoms with E-state index >= 15 is 0 Å². The average molecular weight is 256 g/mol. The molecule has 1 fully saturated rings. The maximum atomic E-state index is 11.0.